The predicted octanol–water partition coefficient (Wildman–Crippen LogP) is 3.98. The molecule has 0 spiro atoms. The number of anilines is 1. The summed E-state index contributed by atoms with van der Waals surface area (Å²) in [5.41, 5.74) is 3.62. The minimum Gasteiger partial charge on any atom is -0.350 e. The van der Waals surface area contributed by atoms with E-state index in [0.29, 0.717) is 29.8 Å². The van der Waals surface area contributed by atoms with Crippen molar-refractivity contribution in [3.8, 4) is 0 Å². The van der Waals surface area contributed by atoms with E-state index >= 15 is 0 Å². The number of nitrogens with zero attached hydrogens (tertiary/aromatic N) is 2. The van der Waals surface area contributed by atoms with Crippen molar-refractivity contribution in [1.29, 1.82) is 0 Å². The molecule has 0 atom stereocenters. The van der Waals surface area contributed by atoms with Gasteiger partial charge < -0.3 is 10.6 Å². The molecule has 0 saturated heterocycles. The number of hydrogen-bond donors (Lipinski definition) is 2. The van der Waals surface area contributed by atoms with Crippen LogP contribution in [0, 0.1) is 6.92 Å². The first-order valence-corrected chi connectivity index (χ1v) is 8.63. The Hall–Kier alpha value is -2.92. The Kier molecular flexibility index (Phi) is 5.81. The summed E-state index contributed by atoms with van der Waals surface area (Å²) in [6.45, 7) is 3.05. The quantitative estimate of drug-likeness (QED) is 0.692. The van der Waals surface area contributed by atoms with Gasteiger partial charge in [-0.3, -0.25) is 4.79 Å². The van der Waals surface area contributed by atoms with Crippen molar-refractivity contribution in [3.05, 3.63) is 88.2 Å². The second-order valence-electron chi connectivity index (χ2n) is 5.91. The molecule has 3 aromatic rings. The van der Waals surface area contributed by atoms with Crippen LogP contribution in [0.3, 0.4) is 0 Å². The molecule has 0 unspecified atom stereocenters. The molecule has 0 aliphatic carbocycles. The number of halogens is 1. The van der Waals surface area contributed by atoms with Gasteiger partial charge in [-0.1, -0.05) is 53.6 Å². The third-order valence-electron chi connectivity index (χ3n) is 3.83. The van der Waals surface area contributed by atoms with Crippen LogP contribution in [0.25, 0.3) is 0 Å². The first kappa shape index (κ1) is 17.9. The topological polar surface area (TPSA) is 66.9 Å². The monoisotopic (exact) mass is 366 g/mol. The fourth-order valence-electron chi connectivity index (χ4n) is 2.33. The smallest absolute Gasteiger partial charge is 0.270 e. The van der Waals surface area contributed by atoms with Crippen molar-refractivity contribution in [3.63, 3.8) is 0 Å². The van der Waals surface area contributed by atoms with E-state index < -0.39 is 0 Å². The summed E-state index contributed by atoms with van der Waals surface area (Å²) >= 11 is 5.86. The molecule has 26 heavy (non-hydrogen) atoms. The number of aromatic nitrogens is 2. The summed E-state index contributed by atoms with van der Waals surface area (Å²) in [5.74, 6) is 0.172. The summed E-state index contributed by atoms with van der Waals surface area (Å²) in [4.78, 5) is 20.7. The normalized spacial score (nSPS) is 10.4. The molecule has 0 fully saturated rings. The highest BCUT2D eigenvalue weighted by Gasteiger charge is 2.08. The Bertz CT molecular complexity index is 879. The number of amides is 1. The summed E-state index contributed by atoms with van der Waals surface area (Å²) in [6, 6.07) is 17.1. The summed E-state index contributed by atoms with van der Waals surface area (Å²) in [7, 11) is 0. The van der Waals surface area contributed by atoms with Crippen molar-refractivity contribution in [2.24, 2.45) is 0 Å². The van der Waals surface area contributed by atoms with Gasteiger partial charge in [0.25, 0.3) is 5.91 Å². The van der Waals surface area contributed by atoms with Gasteiger partial charge in [-0.25, -0.2) is 9.97 Å². The van der Waals surface area contributed by atoms with E-state index in [9.17, 15) is 4.79 Å². The molecular weight excluding hydrogens is 348 g/mol. The lowest BCUT2D eigenvalue weighted by molar-refractivity contribution is 0.0946. The van der Waals surface area contributed by atoms with Crippen LogP contribution in [-0.4, -0.2) is 15.9 Å². The molecule has 0 aliphatic heterocycles. The number of carbonyl (C=O) groups excluding carboxylic acids is 1. The number of rotatable bonds is 6. The largest absolute Gasteiger partial charge is 0.350 e. The molecule has 132 valence electrons. The molecule has 1 amide bonds. The van der Waals surface area contributed by atoms with Gasteiger partial charge in [0.15, 0.2) is 0 Å². The van der Waals surface area contributed by atoms with Crippen LogP contribution < -0.4 is 10.6 Å². The molecule has 1 aromatic heterocycles. The zero-order valence-electron chi connectivity index (χ0n) is 14.4. The van der Waals surface area contributed by atoms with Gasteiger partial charge >= 0.3 is 0 Å². The lowest BCUT2D eigenvalue weighted by Gasteiger charge is -2.08. The van der Waals surface area contributed by atoms with Crippen molar-refractivity contribution >= 4 is 23.5 Å². The zero-order valence-corrected chi connectivity index (χ0v) is 15.1. The van der Waals surface area contributed by atoms with Crippen molar-refractivity contribution < 1.29 is 4.79 Å². The fourth-order valence-corrected chi connectivity index (χ4v) is 2.46. The molecule has 6 heteroatoms. The van der Waals surface area contributed by atoms with Gasteiger partial charge in [-0.15, -0.1) is 0 Å². The second kappa shape index (κ2) is 8.45. The molecular formula is C20H19ClN4O. The van der Waals surface area contributed by atoms with Gasteiger partial charge in [0.05, 0.1) is 0 Å². The summed E-state index contributed by atoms with van der Waals surface area (Å²) in [6.07, 6.45) is 1.57. The standard InChI is InChI=1S/C20H19ClN4O/c1-14-2-4-15(5-3-14)13-24-20-22-11-10-18(25-20)19(26)23-12-16-6-8-17(21)9-7-16/h2-11H,12-13H2,1H3,(H,23,26)(H,22,24,25). The molecule has 0 bridgehead atoms. The SMILES string of the molecule is Cc1ccc(CNc2nccc(C(=O)NCc3ccc(Cl)cc3)n2)cc1. The Morgan fingerprint density at radius 3 is 2.35 bits per heavy atom. The number of hydrogen-bond acceptors (Lipinski definition) is 4. The first-order chi connectivity index (χ1) is 12.6. The maximum absolute atomic E-state index is 12.3. The molecule has 2 N–H and O–H groups in total. The maximum Gasteiger partial charge on any atom is 0.270 e. The van der Waals surface area contributed by atoms with Crippen LogP contribution in [0.5, 0.6) is 0 Å². The van der Waals surface area contributed by atoms with E-state index in [2.05, 4.69) is 32.7 Å². The number of aryl methyl sites for hydroxylation is 1. The van der Waals surface area contributed by atoms with Crippen LogP contribution >= 0.6 is 11.6 Å². The number of nitrogens with one attached hydrogen (secondary N) is 2. The van der Waals surface area contributed by atoms with E-state index in [1.807, 2.05) is 31.2 Å². The van der Waals surface area contributed by atoms with Gasteiger partial charge in [-0.05, 0) is 36.2 Å². The summed E-state index contributed by atoms with van der Waals surface area (Å²) < 4.78 is 0. The molecule has 2 aromatic carbocycles. The molecule has 0 aliphatic rings. The third kappa shape index (κ3) is 5.04. The molecule has 0 saturated carbocycles. The third-order valence-corrected chi connectivity index (χ3v) is 4.08. The van der Waals surface area contributed by atoms with Crippen LogP contribution in [0.15, 0.2) is 60.8 Å². The highest BCUT2D eigenvalue weighted by Crippen LogP contribution is 2.10. The first-order valence-electron chi connectivity index (χ1n) is 8.25. The lowest BCUT2D eigenvalue weighted by atomic mass is 10.1. The predicted molar refractivity (Wildman–Crippen MR) is 103 cm³/mol. The average Bonchev–Trinajstić information content (AvgIpc) is 2.67. The Balaban J connectivity index is 1.58. The molecule has 5 nitrogen and oxygen atoms in total. The second-order valence-corrected chi connectivity index (χ2v) is 6.35. The Morgan fingerprint density at radius 1 is 0.962 bits per heavy atom. The van der Waals surface area contributed by atoms with E-state index in [4.69, 9.17) is 11.6 Å². The van der Waals surface area contributed by atoms with E-state index in [1.54, 1.807) is 24.4 Å². The Morgan fingerprint density at radius 2 is 1.62 bits per heavy atom. The van der Waals surface area contributed by atoms with Gasteiger partial charge in [-0.2, -0.15) is 0 Å². The highest BCUT2D eigenvalue weighted by molar-refractivity contribution is 6.30. The zero-order chi connectivity index (χ0) is 18.4. The van der Waals surface area contributed by atoms with Gasteiger partial charge in [0, 0.05) is 24.3 Å². The highest BCUT2D eigenvalue weighted by atomic mass is 35.5. The van der Waals surface area contributed by atoms with Crippen molar-refractivity contribution in [2.75, 3.05) is 5.32 Å². The molecule has 3 rings (SSSR count). The minimum absolute atomic E-state index is 0.249. The summed E-state index contributed by atoms with van der Waals surface area (Å²) in [5, 5.41) is 6.65. The lowest BCUT2D eigenvalue weighted by Crippen LogP contribution is -2.24. The minimum atomic E-state index is -0.249. The molecule has 0 radical (unpaired) electrons. The van der Waals surface area contributed by atoms with Crippen molar-refractivity contribution in [1.82, 2.24) is 15.3 Å². The number of carbonyl (C=O) groups is 1. The van der Waals surface area contributed by atoms with Crippen LogP contribution in [-0.2, 0) is 13.1 Å². The van der Waals surface area contributed by atoms with Crippen LogP contribution in [0.2, 0.25) is 5.02 Å². The van der Waals surface area contributed by atoms with Crippen LogP contribution in [0.4, 0.5) is 5.95 Å². The molecule has 1 heterocycles. The van der Waals surface area contributed by atoms with Gasteiger partial charge in [0.2, 0.25) is 5.95 Å². The fraction of sp³-hybridized carbons (Fsp3) is 0.150. The van der Waals surface area contributed by atoms with E-state index in [1.165, 1.54) is 5.56 Å². The van der Waals surface area contributed by atoms with Crippen LogP contribution in [0.1, 0.15) is 27.2 Å². The Labute approximate surface area is 157 Å². The van der Waals surface area contributed by atoms with E-state index in [-0.39, 0.29) is 5.91 Å². The average molecular weight is 367 g/mol. The van der Waals surface area contributed by atoms with Crippen molar-refractivity contribution in [2.45, 2.75) is 20.0 Å². The van der Waals surface area contributed by atoms with E-state index in [0.717, 1.165) is 11.1 Å². The number of benzene rings is 2. The van der Waals surface area contributed by atoms with Gasteiger partial charge in [0.1, 0.15) is 5.69 Å². The maximum atomic E-state index is 12.3.